The third-order valence-corrected chi connectivity index (χ3v) is 4.89. The molecule has 138 valence electrons. The number of nitrogens with one attached hydrogen (secondary N) is 1. The van der Waals surface area contributed by atoms with Crippen molar-refractivity contribution in [1.82, 2.24) is 14.7 Å². The number of hydrogen-bond acceptors (Lipinski definition) is 4. The van der Waals surface area contributed by atoms with Crippen molar-refractivity contribution in [2.75, 3.05) is 24.2 Å². The van der Waals surface area contributed by atoms with Crippen molar-refractivity contribution < 1.29 is 14.0 Å². The summed E-state index contributed by atoms with van der Waals surface area (Å²) < 4.78 is 14.8. The normalized spacial score (nSPS) is 14.8. The van der Waals surface area contributed by atoms with Gasteiger partial charge in [-0.15, -0.1) is 0 Å². The quantitative estimate of drug-likeness (QED) is 0.888. The van der Waals surface area contributed by atoms with Crippen LogP contribution in [0.1, 0.15) is 26.5 Å². The molecule has 1 aliphatic rings. The molecule has 0 bridgehead atoms. The van der Waals surface area contributed by atoms with Gasteiger partial charge in [0.25, 0.3) is 5.24 Å². The van der Waals surface area contributed by atoms with Crippen LogP contribution in [0.4, 0.5) is 15.0 Å². The van der Waals surface area contributed by atoms with Crippen LogP contribution in [0.2, 0.25) is 0 Å². The maximum Gasteiger partial charge on any atom is 0.282 e. The van der Waals surface area contributed by atoms with Crippen molar-refractivity contribution in [2.45, 2.75) is 26.2 Å². The first-order valence-electron chi connectivity index (χ1n) is 8.32. The Morgan fingerprint density at radius 1 is 1.31 bits per heavy atom. The van der Waals surface area contributed by atoms with E-state index in [9.17, 15) is 14.0 Å². The van der Waals surface area contributed by atoms with Gasteiger partial charge in [0.1, 0.15) is 18.2 Å². The number of carbonyl (C=O) groups is 2. The fourth-order valence-corrected chi connectivity index (χ4v) is 3.37. The van der Waals surface area contributed by atoms with Gasteiger partial charge in [-0.25, -0.2) is 9.07 Å². The third kappa shape index (κ3) is 4.07. The Labute approximate surface area is 155 Å². The highest BCUT2D eigenvalue weighted by atomic mass is 32.2. The number of thioether (sulfide) groups is 1. The van der Waals surface area contributed by atoms with E-state index in [0.717, 1.165) is 5.69 Å². The summed E-state index contributed by atoms with van der Waals surface area (Å²) in [6, 6.07) is 7.71. The molecular formula is C18H21FN4O2S. The van der Waals surface area contributed by atoms with Gasteiger partial charge < -0.3 is 10.2 Å². The minimum Gasteiger partial charge on any atom is -0.323 e. The van der Waals surface area contributed by atoms with Crippen LogP contribution in [0.25, 0.3) is 5.69 Å². The number of nitrogens with zero attached hydrogens (tertiary/aromatic N) is 3. The van der Waals surface area contributed by atoms with Crippen molar-refractivity contribution in [3.8, 4) is 5.69 Å². The zero-order chi connectivity index (χ0) is 18.9. The maximum absolute atomic E-state index is 13.2. The number of hydrogen-bond donors (Lipinski definition) is 1. The van der Waals surface area contributed by atoms with E-state index in [-0.39, 0.29) is 28.9 Å². The molecule has 1 aromatic heterocycles. The maximum atomic E-state index is 13.2. The Bertz CT molecular complexity index is 827. The van der Waals surface area contributed by atoms with E-state index in [1.54, 1.807) is 16.8 Å². The summed E-state index contributed by atoms with van der Waals surface area (Å²) in [4.78, 5) is 25.6. The molecule has 26 heavy (non-hydrogen) atoms. The van der Waals surface area contributed by atoms with Crippen LogP contribution in [0.3, 0.4) is 0 Å². The van der Waals surface area contributed by atoms with Gasteiger partial charge in [0, 0.05) is 23.8 Å². The lowest BCUT2D eigenvalue weighted by Crippen LogP contribution is -2.33. The molecule has 3 rings (SSSR count). The minimum atomic E-state index is -0.340. The second-order valence-corrected chi connectivity index (χ2v) is 8.18. The molecule has 0 unspecified atom stereocenters. The predicted octanol–water partition coefficient (Wildman–Crippen LogP) is 3.42. The topological polar surface area (TPSA) is 67.2 Å². The molecule has 8 heteroatoms. The number of rotatable bonds is 4. The lowest BCUT2D eigenvalue weighted by Gasteiger charge is -2.14. The molecule has 1 saturated heterocycles. The number of halogens is 1. The number of carbonyl (C=O) groups excluding carboxylic acids is 2. The van der Waals surface area contributed by atoms with Crippen LogP contribution >= 0.6 is 11.8 Å². The molecule has 6 nitrogen and oxygen atoms in total. The van der Waals surface area contributed by atoms with Crippen molar-refractivity contribution in [3.05, 3.63) is 41.8 Å². The summed E-state index contributed by atoms with van der Waals surface area (Å²) in [5, 5.41) is 7.32. The summed E-state index contributed by atoms with van der Waals surface area (Å²) in [6.45, 7) is 6.65. The van der Waals surface area contributed by atoms with Gasteiger partial charge in [-0.1, -0.05) is 32.5 Å². The first-order valence-corrected chi connectivity index (χ1v) is 9.30. The van der Waals surface area contributed by atoms with Gasteiger partial charge in [-0.05, 0) is 24.3 Å². The van der Waals surface area contributed by atoms with Crippen LogP contribution < -0.4 is 5.32 Å². The van der Waals surface area contributed by atoms with E-state index in [0.29, 0.717) is 23.8 Å². The molecule has 0 aliphatic carbocycles. The van der Waals surface area contributed by atoms with E-state index in [4.69, 9.17) is 0 Å². The Morgan fingerprint density at radius 2 is 2.00 bits per heavy atom. The van der Waals surface area contributed by atoms with E-state index < -0.39 is 0 Å². The summed E-state index contributed by atoms with van der Waals surface area (Å²) in [5.74, 6) is 0.566. The second kappa shape index (κ2) is 7.11. The molecule has 1 fully saturated rings. The van der Waals surface area contributed by atoms with Crippen molar-refractivity contribution in [3.63, 3.8) is 0 Å². The molecule has 2 heterocycles. The van der Waals surface area contributed by atoms with Crippen LogP contribution in [0.5, 0.6) is 0 Å². The molecule has 1 aliphatic heterocycles. The molecule has 0 spiro atoms. The smallest absolute Gasteiger partial charge is 0.282 e. The first kappa shape index (κ1) is 18.4. The number of aromatic nitrogens is 2. The lowest BCUT2D eigenvalue weighted by atomic mass is 9.92. The monoisotopic (exact) mass is 376 g/mol. The van der Waals surface area contributed by atoms with Crippen LogP contribution in [0, 0.1) is 5.82 Å². The highest BCUT2D eigenvalue weighted by Crippen LogP contribution is 2.26. The average Bonchev–Trinajstić information content (AvgIpc) is 3.15. The van der Waals surface area contributed by atoms with Gasteiger partial charge in [-0.3, -0.25) is 9.59 Å². The molecule has 0 atom stereocenters. The van der Waals surface area contributed by atoms with Crippen LogP contribution in [0.15, 0.2) is 30.3 Å². The molecule has 0 saturated carbocycles. The second-order valence-electron chi connectivity index (χ2n) is 7.14. The average molecular weight is 376 g/mol. The number of amides is 2. The Kier molecular flexibility index (Phi) is 5.04. The van der Waals surface area contributed by atoms with E-state index in [1.165, 1.54) is 28.8 Å². The molecule has 1 N–H and O–H groups in total. The van der Waals surface area contributed by atoms with Crippen molar-refractivity contribution in [2.24, 2.45) is 0 Å². The fourth-order valence-electron chi connectivity index (χ4n) is 2.54. The van der Waals surface area contributed by atoms with E-state index in [1.807, 2.05) is 26.8 Å². The first-order chi connectivity index (χ1) is 12.2. The summed E-state index contributed by atoms with van der Waals surface area (Å²) in [5.41, 5.74) is 1.22. The SMILES string of the molecule is CC(C)(C)c1cc(NC(=O)CN2CCSC2=O)n(-c2ccc(F)cc2)n1. The van der Waals surface area contributed by atoms with Gasteiger partial charge in [0.05, 0.1) is 11.4 Å². The molecule has 1 aromatic carbocycles. The molecule has 0 radical (unpaired) electrons. The standard InChI is InChI=1S/C18H21FN4O2S/c1-18(2,3)14-10-15(20-16(24)11-22-8-9-26-17(22)25)23(21-14)13-6-4-12(19)5-7-13/h4-7,10H,8-9,11H2,1-3H3,(H,20,24). The molecule has 2 aromatic rings. The predicted molar refractivity (Wildman–Crippen MR) is 100 cm³/mol. The van der Waals surface area contributed by atoms with Crippen LogP contribution in [-0.2, 0) is 10.2 Å². The molecular weight excluding hydrogens is 355 g/mol. The van der Waals surface area contributed by atoms with E-state index >= 15 is 0 Å². The van der Waals surface area contributed by atoms with Crippen molar-refractivity contribution >= 4 is 28.7 Å². The Morgan fingerprint density at radius 3 is 2.58 bits per heavy atom. The van der Waals surface area contributed by atoms with Crippen LogP contribution in [-0.4, -0.2) is 44.7 Å². The summed E-state index contributed by atoms with van der Waals surface area (Å²) >= 11 is 1.22. The van der Waals surface area contributed by atoms with Gasteiger partial charge in [0.15, 0.2) is 0 Å². The fraction of sp³-hybridized carbons (Fsp3) is 0.389. The Balaban J connectivity index is 1.86. The lowest BCUT2D eigenvalue weighted by molar-refractivity contribution is -0.116. The minimum absolute atomic E-state index is 0.00524. The third-order valence-electron chi connectivity index (χ3n) is 4.00. The van der Waals surface area contributed by atoms with Gasteiger partial charge in [0.2, 0.25) is 5.91 Å². The zero-order valence-corrected chi connectivity index (χ0v) is 15.8. The zero-order valence-electron chi connectivity index (χ0n) is 15.0. The van der Waals surface area contributed by atoms with Crippen molar-refractivity contribution in [1.29, 1.82) is 0 Å². The number of anilines is 1. The summed E-state index contributed by atoms with van der Waals surface area (Å²) in [6.07, 6.45) is 0. The highest BCUT2D eigenvalue weighted by Gasteiger charge is 2.25. The van der Waals surface area contributed by atoms with Gasteiger partial charge in [-0.2, -0.15) is 5.10 Å². The number of benzene rings is 1. The molecule has 2 amide bonds. The Hall–Kier alpha value is -2.35. The summed E-state index contributed by atoms with van der Waals surface area (Å²) in [7, 11) is 0. The highest BCUT2D eigenvalue weighted by molar-refractivity contribution is 8.13. The van der Waals surface area contributed by atoms with E-state index in [2.05, 4.69) is 10.4 Å². The largest absolute Gasteiger partial charge is 0.323 e. The van der Waals surface area contributed by atoms with Gasteiger partial charge >= 0.3 is 0 Å².